The normalized spacial score (nSPS) is 17.0. The van der Waals surface area contributed by atoms with E-state index < -0.39 is 0 Å². The number of H-pyrrole nitrogens is 1. The fraction of sp³-hybridized carbons (Fsp3) is 0.320. The van der Waals surface area contributed by atoms with Crippen LogP contribution in [0.15, 0.2) is 67.1 Å². The van der Waals surface area contributed by atoms with Crippen molar-refractivity contribution in [1.82, 2.24) is 24.9 Å². The Kier molecular flexibility index (Phi) is 5.52. The average molecular weight is 414 g/mol. The van der Waals surface area contributed by atoms with Gasteiger partial charge in [0.1, 0.15) is 0 Å². The molecule has 1 amide bonds. The van der Waals surface area contributed by atoms with Gasteiger partial charge in [0, 0.05) is 36.8 Å². The highest BCUT2D eigenvalue weighted by Crippen LogP contribution is 2.26. The number of nitrogens with one attached hydrogen (secondary N) is 1. The van der Waals surface area contributed by atoms with Crippen LogP contribution in [-0.2, 0) is 17.8 Å². The van der Waals surface area contributed by atoms with Crippen molar-refractivity contribution in [3.05, 3.63) is 72.7 Å². The second kappa shape index (κ2) is 8.76. The topological polar surface area (TPSA) is 66.8 Å². The van der Waals surface area contributed by atoms with Crippen LogP contribution in [0.4, 0.5) is 0 Å². The van der Waals surface area contributed by atoms with Gasteiger partial charge in [-0.1, -0.05) is 36.4 Å². The molecule has 5 rings (SSSR count). The predicted molar refractivity (Wildman–Crippen MR) is 121 cm³/mol. The molecule has 0 bridgehead atoms. The summed E-state index contributed by atoms with van der Waals surface area (Å²) in [4.78, 5) is 14.8. The SMILES string of the molecule is O=C(Cc1ccccc1)N1CCCC(Cn2ncc3cc(-c4cn[nH]c4)ccc32)CC1. The molecule has 1 N–H and O–H groups in total. The van der Waals surface area contributed by atoms with Gasteiger partial charge in [-0.15, -0.1) is 0 Å². The minimum absolute atomic E-state index is 0.239. The number of aromatic amines is 1. The number of nitrogens with zero attached hydrogens (tertiary/aromatic N) is 4. The molecule has 1 saturated heterocycles. The summed E-state index contributed by atoms with van der Waals surface area (Å²) in [5.41, 5.74) is 4.47. The van der Waals surface area contributed by atoms with Crippen molar-refractivity contribution in [2.24, 2.45) is 5.92 Å². The van der Waals surface area contributed by atoms with Crippen LogP contribution >= 0.6 is 0 Å². The molecule has 3 heterocycles. The Morgan fingerprint density at radius 2 is 1.94 bits per heavy atom. The quantitative estimate of drug-likeness (QED) is 0.531. The minimum atomic E-state index is 0.239. The maximum atomic E-state index is 12.7. The van der Waals surface area contributed by atoms with Crippen molar-refractivity contribution in [2.75, 3.05) is 13.1 Å². The first-order valence-corrected chi connectivity index (χ1v) is 11.0. The fourth-order valence-electron chi connectivity index (χ4n) is 4.55. The van der Waals surface area contributed by atoms with Gasteiger partial charge in [0.05, 0.1) is 24.3 Å². The summed E-state index contributed by atoms with van der Waals surface area (Å²) in [5, 5.41) is 12.7. The van der Waals surface area contributed by atoms with Gasteiger partial charge in [0.2, 0.25) is 5.91 Å². The molecule has 2 aromatic heterocycles. The number of likely N-dealkylation sites (tertiary alicyclic amines) is 1. The van der Waals surface area contributed by atoms with E-state index in [2.05, 4.69) is 38.2 Å². The minimum Gasteiger partial charge on any atom is -0.342 e. The molecule has 1 aliphatic rings. The van der Waals surface area contributed by atoms with Crippen molar-refractivity contribution in [3.8, 4) is 11.1 Å². The number of aromatic nitrogens is 4. The summed E-state index contributed by atoms with van der Waals surface area (Å²) in [7, 11) is 0. The van der Waals surface area contributed by atoms with Gasteiger partial charge in [-0.2, -0.15) is 10.2 Å². The van der Waals surface area contributed by atoms with E-state index in [9.17, 15) is 4.79 Å². The standard InChI is InChI=1S/C25H27N5O/c31-25(13-19-5-2-1-3-6-19)29-11-4-7-20(10-12-29)18-30-24-9-8-21(14-22(24)17-28-30)23-15-26-27-16-23/h1-3,5-6,8-9,14-17,20H,4,7,10-13,18H2,(H,26,27). The average Bonchev–Trinajstić information content (AvgIpc) is 3.40. The molecule has 0 aliphatic carbocycles. The van der Waals surface area contributed by atoms with E-state index in [-0.39, 0.29) is 5.91 Å². The molecule has 0 spiro atoms. The van der Waals surface area contributed by atoms with E-state index in [0.717, 1.165) is 66.5 Å². The van der Waals surface area contributed by atoms with Crippen molar-refractivity contribution in [2.45, 2.75) is 32.2 Å². The number of fused-ring (bicyclic) bond motifs is 1. The van der Waals surface area contributed by atoms with E-state index in [1.54, 1.807) is 0 Å². The lowest BCUT2D eigenvalue weighted by atomic mass is 10.0. The Morgan fingerprint density at radius 3 is 2.77 bits per heavy atom. The first-order chi connectivity index (χ1) is 15.3. The van der Waals surface area contributed by atoms with Gasteiger partial charge in [-0.25, -0.2) is 0 Å². The number of carbonyl (C=O) groups is 1. The molecule has 6 heteroatoms. The molecule has 6 nitrogen and oxygen atoms in total. The zero-order valence-corrected chi connectivity index (χ0v) is 17.6. The van der Waals surface area contributed by atoms with Crippen LogP contribution in [-0.4, -0.2) is 43.9 Å². The molecule has 1 unspecified atom stereocenters. The first-order valence-electron chi connectivity index (χ1n) is 11.0. The molecule has 4 aromatic rings. The molecule has 1 fully saturated rings. The number of amides is 1. The van der Waals surface area contributed by atoms with Crippen molar-refractivity contribution >= 4 is 16.8 Å². The molecule has 0 radical (unpaired) electrons. The van der Waals surface area contributed by atoms with E-state index in [4.69, 9.17) is 0 Å². The zero-order chi connectivity index (χ0) is 21.0. The second-order valence-corrected chi connectivity index (χ2v) is 8.43. The van der Waals surface area contributed by atoms with E-state index in [1.807, 2.05) is 53.8 Å². The van der Waals surface area contributed by atoms with Crippen LogP contribution < -0.4 is 0 Å². The smallest absolute Gasteiger partial charge is 0.226 e. The molecule has 158 valence electrons. The lowest BCUT2D eigenvalue weighted by Crippen LogP contribution is -2.33. The Morgan fingerprint density at radius 1 is 1.03 bits per heavy atom. The Balaban J connectivity index is 1.23. The maximum absolute atomic E-state index is 12.7. The van der Waals surface area contributed by atoms with E-state index in [0.29, 0.717) is 12.3 Å². The molecule has 31 heavy (non-hydrogen) atoms. The third kappa shape index (κ3) is 4.38. The van der Waals surface area contributed by atoms with Crippen LogP contribution in [0.2, 0.25) is 0 Å². The highest BCUT2D eigenvalue weighted by atomic mass is 16.2. The summed E-state index contributed by atoms with van der Waals surface area (Å²) in [5.74, 6) is 0.773. The van der Waals surface area contributed by atoms with Gasteiger partial charge in [0.25, 0.3) is 0 Å². The summed E-state index contributed by atoms with van der Waals surface area (Å²) >= 11 is 0. The van der Waals surface area contributed by atoms with Crippen molar-refractivity contribution < 1.29 is 4.79 Å². The van der Waals surface area contributed by atoms with Gasteiger partial charge in [0.15, 0.2) is 0 Å². The Hall–Kier alpha value is -3.41. The summed E-state index contributed by atoms with van der Waals surface area (Å²) < 4.78 is 2.13. The first kappa shape index (κ1) is 19.5. The molecule has 1 aliphatic heterocycles. The molecular formula is C25H27N5O. The number of hydrogen-bond acceptors (Lipinski definition) is 3. The monoisotopic (exact) mass is 413 g/mol. The van der Waals surface area contributed by atoms with Gasteiger partial charge >= 0.3 is 0 Å². The molecule has 1 atom stereocenters. The molecule has 2 aromatic carbocycles. The third-order valence-electron chi connectivity index (χ3n) is 6.30. The lowest BCUT2D eigenvalue weighted by molar-refractivity contribution is -0.130. The van der Waals surface area contributed by atoms with E-state index in [1.165, 1.54) is 0 Å². The van der Waals surface area contributed by atoms with Gasteiger partial charge in [-0.3, -0.25) is 14.6 Å². The number of benzene rings is 2. The fourth-order valence-corrected chi connectivity index (χ4v) is 4.55. The van der Waals surface area contributed by atoms with Crippen LogP contribution in [0.25, 0.3) is 22.0 Å². The van der Waals surface area contributed by atoms with Crippen LogP contribution in [0.5, 0.6) is 0 Å². The Labute approximate surface area is 181 Å². The van der Waals surface area contributed by atoms with Crippen LogP contribution in [0, 0.1) is 5.92 Å². The maximum Gasteiger partial charge on any atom is 0.226 e. The largest absolute Gasteiger partial charge is 0.342 e. The highest BCUT2D eigenvalue weighted by Gasteiger charge is 2.21. The zero-order valence-electron chi connectivity index (χ0n) is 17.6. The lowest BCUT2D eigenvalue weighted by Gasteiger charge is -2.21. The summed E-state index contributed by atoms with van der Waals surface area (Å²) in [6.07, 6.45) is 9.39. The predicted octanol–water partition coefficient (Wildman–Crippen LogP) is 4.30. The van der Waals surface area contributed by atoms with Crippen molar-refractivity contribution in [3.63, 3.8) is 0 Å². The molecule has 0 saturated carbocycles. The number of rotatable bonds is 5. The summed E-state index contributed by atoms with van der Waals surface area (Å²) in [6, 6.07) is 16.5. The van der Waals surface area contributed by atoms with Crippen LogP contribution in [0.1, 0.15) is 24.8 Å². The van der Waals surface area contributed by atoms with Gasteiger partial charge < -0.3 is 4.90 Å². The van der Waals surface area contributed by atoms with Crippen LogP contribution in [0.3, 0.4) is 0 Å². The molecular weight excluding hydrogens is 386 g/mol. The number of hydrogen-bond donors (Lipinski definition) is 1. The number of carbonyl (C=O) groups excluding carboxylic acids is 1. The van der Waals surface area contributed by atoms with Gasteiger partial charge in [-0.05, 0) is 48.4 Å². The van der Waals surface area contributed by atoms with E-state index >= 15 is 0 Å². The highest BCUT2D eigenvalue weighted by molar-refractivity contribution is 5.84. The Bertz CT molecular complexity index is 1150. The second-order valence-electron chi connectivity index (χ2n) is 8.43. The third-order valence-corrected chi connectivity index (χ3v) is 6.30. The summed E-state index contributed by atoms with van der Waals surface area (Å²) in [6.45, 7) is 2.59. The van der Waals surface area contributed by atoms with Crippen molar-refractivity contribution in [1.29, 1.82) is 0 Å².